The largest absolute Gasteiger partial charge is 0.330 e. The van der Waals surface area contributed by atoms with Crippen molar-refractivity contribution in [1.29, 1.82) is 0 Å². The molecule has 0 unspecified atom stereocenters. The van der Waals surface area contributed by atoms with Gasteiger partial charge in [-0.15, -0.1) is 0 Å². The average molecular weight is 173 g/mol. The third-order valence-electron chi connectivity index (χ3n) is 1.99. The Hall–Kier alpha value is -1.48. The minimum absolute atomic E-state index is 0.626. The van der Waals surface area contributed by atoms with Gasteiger partial charge >= 0.3 is 0 Å². The molecule has 2 N–H and O–H groups in total. The molecule has 0 bridgehead atoms. The first kappa shape index (κ1) is 8.13. The molecule has 2 aromatic rings. The predicted octanol–water partition coefficient (Wildman–Crippen LogP) is 1.13. The van der Waals surface area contributed by atoms with Crippen LogP contribution in [-0.4, -0.2) is 16.5 Å². The van der Waals surface area contributed by atoms with Crippen LogP contribution >= 0.6 is 0 Å². The van der Waals surface area contributed by atoms with Crippen LogP contribution in [0.2, 0.25) is 0 Å². The summed E-state index contributed by atoms with van der Waals surface area (Å²) in [5.41, 5.74) is 7.51. The molecule has 0 saturated carbocycles. The summed E-state index contributed by atoms with van der Waals surface area (Å²) >= 11 is 0. The molecule has 0 aliphatic heterocycles. The first-order chi connectivity index (χ1) is 6.42. The van der Waals surface area contributed by atoms with Gasteiger partial charge in [0.15, 0.2) is 0 Å². The Labute approximate surface area is 76.6 Å². The van der Waals surface area contributed by atoms with Crippen LogP contribution in [0.25, 0.3) is 10.9 Å². The summed E-state index contributed by atoms with van der Waals surface area (Å²) in [5.74, 6) is 0. The second kappa shape index (κ2) is 3.49. The molecule has 0 spiro atoms. The summed E-state index contributed by atoms with van der Waals surface area (Å²) in [7, 11) is 0. The fourth-order valence-electron chi connectivity index (χ4n) is 1.40. The Morgan fingerprint density at radius 1 is 1.15 bits per heavy atom. The Balaban J connectivity index is 2.61. The summed E-state index contributed by atoms with van der Waals surface area (Å²) in [4.78, 5) is 8.52. The van der Waals surface area contributed by atoms with E-state index in [0.29, 0.717) is 6.54 Å². The lowest BCUT2D eigenvalue weighted by atomic mass is 10.1. The monoisotopic (exact) mass is 173 g/mol. The number of nitrogens with two attached hydrogens (primary N) is 1. The number of hydrogen-bond donors (Lipinski definition) is 1. The Morgan fingerprint density at radius 3 is 2.92 bits per heavy atom. The molecule has 2 aromatic heterocycles. The van der Waals surface area contributed by atoms with Crippen LogP contribution < -0.4 is 5.73 Å². The molecule has 66 valence electrons. The Kier molecular flexibility index (Phi) is 2.19. The van der Waals surface area contributed by atoms with Crippen molar-refractivity contribution < 1.29 is 0 Å². The lowest BCUT2D eigenvalue weighted by Crippen LogP contribution is -2.04. The topological polar surface area (TPSA) is 51.8 Å². The second-order valence-corrected chi connectivity index (χ2v) is 2.87. The Morgan fingerprint density at radius 2 is 2.08 bits per heavy atom. The number of fused-ring (bicyclic) bond motifs is 1. The third kappa shape index (κ3) is 1.51. The van der Waals surface area contributed by atoms with Crippen LogP contribution in [0.4, 0.5) is 0 Å². The zero-order chi connectivity index (χ0) is 9.10. The van der Waals surface area contributed by atoms with Gasteiger partial charge in [-0.1, -0.05) is 0 Å². The van der Waals surface area contributed by atoms with E-state index in [1.807, 2.05) is 18.2 Å². The maximum atomic E-state index is 5.49. The maximum Gasteiger partial charge on any atom is 0.0735 e. The number of pyridine rings is 2. The highest BCUT2D eigenvalue weighted by Crippen LogP contribution is 2.13. The van der Waals surface area contributed by atoms with Gasteiger partial charge in [0, 0.05) is 24.2 Å². The van der Waals surface area contributed by atoms with Gasteiger partial charge in [0.05, 0.1) is 11.2 Å². The quantitative estimate of drug-likeness (QED) is 0.740. The maximum absolute atomic E-state index is 5.49. The first-order valence-electron chi connectivity index (χ1n) is 4.30. The molecule has 2 rings (SSSR count). The van der Waals surface area contributed by atoms with Crippen LogP contribution in [-0.2, 0) is 6.42 Å². The standard InChI is InChI=1S/C10H11N3/c11-5-3-9-8-2-1-6-12-10(8)4-7-13-9/h1-2,4,6-7H,3,5,11H2. The molecule has 3 heteroatoms. The highest BCUT2D eigenvalue weighted by atomic mass is 14.7. The van der Waals surface area contributed by atoms with Crippen molar-refractivity contribution in [3.8, 4) is 0 Å². The molecule has 3 nitrogen and oxygen atoms in total. The first-order valence-corrected chi connectivity index (χ1v) is 4.30. The van der Waals surface area contributed by atoms with Crippen molar-refractivity contribution in [1.82, 2.24) is 9.97 Å². The lowest BCUT2D eigenvalue weighted by Gasteiger charge is -2.01. The van der Waals surface area contributed by atoms with E-state index in [-0.39, 0.29) is 0 Å². The van der Waals surface area contributed by atoms with Crippen molar-refractivity contribution in [2.24, 2.45) is 5.73 Å². The highest BCUT2D eigenvalue weighted by molar-refractivity contribution is 5.80. The summed E-state index contributed by atoms with van der Waals surface area (Å²) in [6.45, 7) is 0.626. The van der Waals surface area contributed by atoms with Crippen LogP contribution in [0.5, 0.6) is 0 Å². The molecule has 0 amide bonds. The molecule has 0 radical (unpaired) electrons. The van der Waals surface area contributed by atoms with Crippen molar-refractivity contribution in [2.75, 3.05) is 6.54 Å². The van der Waals surface area contributed by atoms with Crippen LogP contribution in [0.1, 0.15) is 5.69 Å². The van der Waals surface area contributed by atoms with E-state index in [1.165, 1.54) is 0 Å². The van der Waals surface area contributed by atoms with Crippen molar-refractivity contribution in [3.05, 3.63) is 36.3 Å². The van der Waals surface area contributed by atoms with Crippen molar-refractivity contribution in [2.45, 2.75) is 6.42 Å². The smallest absolute Gasteiger partial charge is 0.0735 e. The van der Waals surface area contributed by atoms with Gasteiger partial charge in [-0.2, -0.15) is 0 Å². The highest BCUT2D eigenvalue weighted by Gasteiger charge is 2.00. The SMILES string of the molecule is NCCc1nccc2ncccc12. The van der Waals surface area contributed by atoms with E-state index in [0.717, 1.165) is 23.0 Å². The molecule has 0 fully saturated rings. The predicted molar refractivity (Wildman–Crippen MR) is 52.3 cm³/mol. The molecule has 0 atom stereocenters. The van der Waals surface area contributed by atoms with Gasteiger partial charge in [-0.05, 0) is 24.7 Å². The normalized spacial score (nSPS) is 10.5. The summed E-state index contributed by atoms with van der Waals surface area (Å²) < 4.78 is 0. The summed E-state index contributed by atoms with van der Waals surface area (Å²) in [6, 6.07) is 5.86. The lowest BCUT2D eigenvalue weighted by molar-refractivity contribution is 0.934. The summed E-state index contributed by atoms with van der Waals surface area (Å²) in [6.07, 6.45) is 4.37. The van der Waals surface area contributed by atoms with Crippen molar-refractivity contribution in [3.63, 3.8) is 0 Å². The van der Waals surface area contributed by atoms with E-state index in [1.54, 1.807) is 12.4 Å². The minimum Gasteiger partial charge on any atom is -0.330 e. The van der Waals surface area contributed by atoms with Crippen molar-refractivity contribution >= 4 is 10.9 Å². The molecule has 13 heavy (non-hydrogen) atoms. The molecular weight excluding hydrogens is 162 g/mol. The number of hydrogen-bond acceptors (Lipinski definition) is 3. The van der Waals surface area contributed by atoms with Gasteiger partial charge < -0.3 is 5.73 Å². The van der Waals surface area contributed by atoms with E-state index in [4.69, 9.17) is 5.73 Å². The van der Waals surface area contributed by atoms with Gasteiger partial charge in [0.1, 0.15) is 0 Å². The van der Waals surface area contributed by atoms with E-state index in [2.05, 4.69) is 9.97 Å². The fourth-order valence-corrected chi connectivity index (χ4v) is 1.40. The third-order valence-corrected chi connectivity index (χ3v) is 1.99. The molecule has 0 aliphatic rings. The fraction of sp³-hybridized carbons (Fsp3) is 0.200. The second-order valence-electron chi connectivity index (χ2n) is 2.87. The number of rotatable bonds is 2. The van der Waals surface area contributed by atoms with E-state index >= 15 is 0 Å². The molecule has 2 heterocycles. The molecule has 0 saturated heterocycles. The minimum atomic E-state index is 0.626. The molecule has 0 aromatic carbocycles. The zero-order valence-corrected chi connectivity index (χ0v) is 7.27. The number of aromatic nitrogens is 2. The van der Waals surface area contributed by atoms with Crippen LogP contribution in [0, 0.1) is 0 Å². The van der Waals surface area contributed by atoms with E-state index < -0.39 is 0 Å². The Bertz CT molecular complexity index is 406. The number of nitrogens with zero attached hydrogens (tertiary/aromatic N) is 2. The van der Waals surface area contributed by atoms with E-state index in [9.17, 15) is 0 Å². The van der Waals surface area contributed by atoms with Gasteiger partial charge in [0.2, 0.25) is 0 Å². The van der Waals surface area contributed by atoms with Gasteiger partial charge in [-0.3, -0.25) is 9.97 Å². The van der Waals surface area contributed by atoms with Gasteiger partial charge in [-0.25, -0.2) is 0 Å². The molecule has 0 aliphatic carbocycles. The van der Waals surface area contributed by atoms with Crippen LogP contribution in [0.3, 0.4) is 0 Å². The van der Waals surface area contributed by atoms with Crippen LogP contribution in [0.15, 0.2) is 30.6 Å². The zero-order valence-electron chi connectivity index (χ0n) is 7.27. The van der Waals surface area contributed by atoms with Gasteiger partial charge in [0.25, 0.3) is 0 Å². The summed E-state index contributed by atoms with van der Waals surface area (Å²) in [5, 5.41) is 1.11. The molecular formula is C10H11N3. The average Bonchev–Trinajstić information content (AvgIpc) is 2.19.